The summed E-state index contributed by atoms with van der Waals surface area (Å²) in [5.74, 6) is 5.81. The molecule has 26 heavy (non-hydrogen) atoms. The van der Waals surface area contributed by atoms with Gasteiger partial charge in [-0.3, -0.25) is 4.98 Å². The van der Waals surface area contributed by atoms with Crippen molar-refractivity contribution in [3.63, 3.8) is 0 Å². The van der Waals surface area contributed by atoms with Crippen LogP contribution in [0.2, 0.25) is 0 Å². The molecule has 1 aliphatic rings. The number of hydrazine groups is 1. The number of benzene rings is 1. The molecular formula is C19H25F2N5. The van der Waals surface area contributed by atoms with Gasteiger partial charge in [0.15, 0.2) is 5.67 Å². The molecule has 0 bridgehead atoms. The lowest BCUT2D eigenvalue weighted by Gasteiger charge is -2.35. The molecule has 1 saturated heterocycles. The van der Waals surface area contributed by atoms with E-state index in [2.05, 4.69) is 4.98 Å². The molecule has 0 amide bonds. The summed E-state index contributed by atoms with van der Waals surface area (Å²) in [6.45, 7) is 1.05. The highest BCUT2D eigenvalue weighted by Crippen LogP contribution is 2.37. The standard InChI is InChI=1S/C19H25F2N5/c1-25(23)17(12-22)14-2-3-15-13-24-18(11-16(15)10-14)19(21)4-7-26(8-5-19)9-6-20/h2-3,10-13H,4-9,22-23H2,1H3/b17-12-. The number of likely N-dealkylation sites (tertiary alicyclic amines) is 1. The molecule has 0 aliphatic carbocycles. The van der Waals surface area contributed by atoms with Crippen molar-refractivity contribution in [3.8, 4) is 0 Å². The number of pyridine rings is 1. The van der Waals surface area contributed by atoms with Crippen LogP contribution in [0.1, 0.15) is 24.1 Å². The number of rotatable bonds is 5. The van der Waals surface area contributed by atoms with E-state index in [4.69, 9.17) is 11.6 Å². The average Bonchev–Trinajstić information content (AvgIpc) is 2.63. The van der Waals surface area contributed by atoms with Crippen molar-refractivity contribution in [1.82, 2.24) is 14.9 Å². The van der Waals surface area contributed by atoms with E-state index < -0.39 is 12.3 Å². The van der Waals surface area contributed by atoms with Crippen molar-refractivity contribution >= 4 is 16.5 Å². The molecule has 0 unspecified atom stereocenters. The summed E-state index contributed by atoms with van der Waals surface area (Å²) in [7, 11) is 1.71. The Bertz CT molecular complexity index is 798. The summed E-state index contributed by atoms with van der Waals surface area (Å²) in [6, 6.07) is 7.56. The fraction of sp³-hybridized carbons (Fsp3) is 0.421. The van der Waals surface area contributed by atoms with Crippen LogP contribution in [-0.2, 0) is 5.67 Å². The van der Waals surface area contributed by atoms with E-state index in [1.807, 2.05) is 23.1 Å². The lowest BCUT2D eigenvalue weighted by Crippen LogP contribution is -2.41. The molecule has 7 heteroatoms. The van der Waals surface area contributed by atoms with Crippen LogP contribution in [0.3, 0.4) is 0 Å². The maximum Gasteiger partial charge on any atom is 0.155 e. The number of fused-ring (bicyclic) bond motifs is 1. The van der Waals surface area contributed by atoms with Crippen LogP contribution >= 0.6 is 0 Å². The molecule has 4 N–H and O–H groups in total. The third-order valence-electron chi connectivity index (χ3n) is 5.06. The van der Waals surface area contributed by atoms with Gasteiger partial charge >= 0.3 is 0 Å². The predicted octanol–water partition coefficient (Wildman–Crippen LogP) is 2.53. The van der Waals surface area contributed by atoms with Crippen LogP contribution in [0.15, 0.2) is 36.7 Å². The van der Waals surface area contributed by atoms with Gasteiger partial charge in [0.25, 0.3) is 0 Å². The first-order valence-electron chi connectivity index (χ1n) is 8.75. The van der Waals surface area contributed by atoms with Crippen LogP contribution in [-0.4, -0.2) is 48.2 Å². The minimum atomic E-state index is -1.48. The molecule has 2 heterocycles. The number of nitrogens with zero attached hydrogens (tertiary/aromatic N) is 3. The van der Waals surface area contributed by atoms with E-state index in [1.165, 1.54) is 11.2 Å². The van der Waals surface area contributed by atoms with Gasteiger partial charge in [0.2, 0.25) is 0 Å². The van der Waals surface area contributed by atoms with Gasteiger partial charge in [0, 0.05) is 50.0 Å². The van der Waals surface area contributed by atoms with Gasteiger partial charge in [-0.25, -0.2) is 14.6 Å². The molecule has 2 aromatic rings. The van der Waals surface area contributed by atoms with Crippen molar-refractivity contribution in [2.45, 2.75) is 18.5 Å². The first-order chi connectivity index (χ1) is 12.5. The Kier molecular flexibility index (Phi) is 5.38. The first-order valence-corrected chi connectivity index (χ1v) is 8.75. The predicted molar refractivity (Wildman–Crippen MR) is 100 cm³/mol. The zero-order valence-electron chi connectivity index (χ0n) is 15.0. The van der Waals surface area contributed by atoms with E-state index in [1.54, 1.807) is 19.3 Å². The number of aromatic nitrogens is 1. The molecule has 5 nitrogen and oxygen atoms in total. The Morgan fingerprint density at radius 2 is 2.04 bits per heavy atom. The summed E-state index contributed by atoms with van der Waals surface area (Å²) >= 11 is 0. The van der Waals surface area contributed by atoms with Crippen molar-refractivity contribution in [1.29, 1.82) is 0 Å². The van der Waals surface area contributed by atoms with Gasteiger partial charge in [0.05, 0.1) is 11.4 Å². The van der Waals surface area contributed by atoms with Crippen molar-refractivity contribution < 1.29 is 8.78 Å². The van der Waals surface area contributed by atoms with E-state index in [-0.39, 0.29) is 0 Å². The van der Waals surface area contributed by atoms with Crippen LogP contribution in [0.4, 0.5) is 8.78 Å². The molecule has 1 aromatic carbocycles. The maximum atomic E-state index is 15.5. The lowest BCUT2D eigenvalue weighted by molar-refractivity contribution is 0.0501. The molecule has 140 valence electrons. The molecule has 1 aromatic heterocycles. The quantitative estimate of drug-likeness (QED) is 0.633. The van der Waals surface area contributed by atoms with Crippen molar-refractivity contribution in [3.05, 3.63) is 47.9 Å². The highest BCUT2D eigenvalue weighted by Gasteiger charge is 2.37. The normalized spacial score (nSPS) is 18.2. The summed E-state index contributed by atoms with van der Waals surface area (Å²) in [5.41, 5.74) is 6.16. The zero-order valence-corrected chi connectivity index (χ0v) is 15.0. The largest absolute Gasteiger partial charge is 0.403 e. The van der Waals surface area contributed by atoms with Gasteiger partial charge in [0.1, 0.15) is 6.67 Å². The Balaban J connectivity index is 1.91. The maximum absolute atomic E-state index is 15.5. The molecule has 0 atom stereocenters. The third kappa shape index (κ3) is 3.64. The van der Waals surface area contributed by atoms with E-state index in [0.29, 0.717) is 43.9 Å². The van der Waals surface area contributed by atoms with E-state index in [0.717, 1.165) is 16.3 Å². The lowest BCUT2D eigenvalue weighted by atomic mass is 9.88. The number of hydrogen-bond acceptors (Lipinski definition) is 5. The molecule has 3 rings (SSSR count). The zero-order chi connectivity index (χ0) is 18.7. The molecule has 0 saturated carbocycles. The van der Waals surface area contributed by atoms with Gasteiger partial charge in [-0.1, -0.05) is 12.1 Å². The van der Waals surface area contributed by atoms with Gasteiger partial charge in [-0.15, -0.1) is 0 Å². The second-order valence-corrected chi connectivity index (χ2v) is 6.79. The average molecular weight is 361 g/mol. The third-order valence-corrected chi connectivity index (χ3v) is 5.06. The SMILES string of the molecule is CN(N)/C(=C\N)c1ccc2cnc(C3(F)CCN(CCF)CC3)cc2c1. The van der Waals surface area contributed by atoms with Crippen LogP contribution in [0, 0.1) is 0 Å². The topological polar surface area (TPSA) is 71.4 Å². The van der Waals surface area contributed by atoms with Crippen LogP contribution < -0.4 is 11.6 Å². The number of halogens is 2. The Morgan fingerprint density at radius 3 is 2.65 bits per heavy atom. The van der Waals surface area contributed by atoms with Crippen LogP contribution in [0.5, 0.6) is 0 Å². The molecule has 1 aliphatic heterocycles. The van der Waals surface area contributed by atoms with E-state index >= 15 is 4.39 Å². The van der Waals surface area contributed by atoms with E-state index in [9.17, 15) is 4.39 Å². The summed E-state index contributed by atoms with van der Waals surface area (Å²) in [5, 5.41) is 3.25. The highest BCUT2D eigenvalue weighted by molar-refractivity contribution is 5.85. The molecule has 0 radical (unpaired) electrons. The fourth-order valence-electron chi connectivity index (χ4n) is 3.47. The van der Waals surface area contributed by atoms with Gasteiger partial charge in [-0.05, 0) is 30.4 Å². The summed E-state index contributed by atoms with van der Waals surface area (Å²) < 4.78 is 27.9. The molecule has 1 fully saturated rings. The second-order valence-electron chi connectivity index (χ2n) is 6.79. The number of alkyl halides is 2. The minimum absolute atomic E-state index is 0.324. The van der Waals surface area contributed by atoms with Gasteiger partial charge in [-0.2, -0.15) is 0 Å². The highest BCUT2D eigenvalue weighted by atomic mass is 19.1. The smallest absolute Gasteiger partial charge is 0.155 e. The molecular weight excluding hydrogens is 336 g/mol. The fourth-order valence-corrected chi connectivity index (χ4v) is 3.47. The van der Waals surface area contributed by atoms with Crippen LogP contribution in [0.25, 0.3) is 16.5 Å². The Labute approximate surface area is 152 Å². The van der Waals surface area contributed by atoms with Gasteiger partial charge < -0.3 is 15.6 Å². The minimum Gasteiger partial charge on any atom is -0.403 e. The summed E-state index contributed by atoms with van der Waals surface area (Å²) in [4.78, 5) is 6.31. The van der Waals surface area contributed by atoms with Crippen molar-refractivity contribution in [2.24, 2.45) is 11.6 Å². The summed E-state index contributed by atoms with van der Waals surface area (Å²) in [6.07, 6.45) is 3.79. The number of hydrogen-bond donors (Lipinski definition) is 2. The Hall–Kier alpha value is -2.25. The first kappa shape index (κ1) is 18.5. The van der Waals surface area contributed by atoms with Crippen molar-refractivity contribution in [2.75, 3.05) is 33.4 Å². The monoisotopic (exact) mass is 361 g/mol. The Morgan fingerprint density at radius 1 is 1.31 bits per heavy atom. The second kappa shape index (κ2) is 7.55. The number of piperidine rings is 1. The number of nitrogens with two attached hydrogens (primary N) is 2. The molecule has 0 spiro atoms.